The lowest BCUT2D eigenvalue weighted by atomic mass is 10.1. The summed E-state index contributed by atoms with van der Waals surface area (Å²) in [7, 11) is 1.65. The quantitative estimate of drug-likeness (QED) is 0.871. The van der Waals surface area contributed by atoms with Gasteiger partial charge in [0.05, 0.1) is 0 Å². The fraction of sp³-hybridized carbons (Fsp3) is 0.250. The predicted molar refractivity (Wildman–Crippen MR) is 83.5 cm³/mol. The molecule has 110 valence electrons. The Morgan fingerprint density at radius 3 is 2.62 bits per heavy atom. The molecule has 21 heavy (non-hydrogen) atoms. The van der Waals surface area contributed by atoms with Crippen molar-refractivity contribution in [1.29, 1.82) is 0 Å². The van der Waals surface area contributed by atoms with Crippen LogP contribution in [0.4, 0.5) is 0 Å². The van der Waals surface area contributed by atoms with Gasteiger partial charge in [0.2, 0.25) is 0 Å². The van der Waals surface area contributed by atoms with Crippen LogP contribution in [0.15, 0.2) is 47.4 Å². The molecule has 5 heteroatoms. The van der Waals surface area contributed by atoms with Crippen LogP contribution in [0.3, 0.4) is 0 Å². The standard InChI is InChI=1S/C16H17ClN2O2/c1-3-19(11-13-6-4-5-7-14(13)17)16(21)12-8-9-18(2)15(20)10-12/h4-10H,3,11H2,1-2H3. The van der Waals surface area contributed by atoms with Crippen LogP contribution in [0.1, 0.15) is 22.8 Å². The van der Waals surface area contributed by atoms with Gasteiger partial charge in [-0.25, -0.2) is 0 Å². The number of carbonyl (C=O) groups is 1. The molecule has 1 amide bonds. The Labute approximate surface area is 128 Å². The van der Waals surface area contributed by atoms with Crippen molar-refractivity contribution in [1.82, 2.24) is 9.47 Å². The Hall–Kier alpha value is -2.07. The summed E-state index contributed by atoms with van der Waals surface area (Å²) >= 11 is 6.13. The van der Waals surface area contributed by atoms with E-state index in [0.29, 0.717) is 23.7 Å². The number of nitrogens with zero attached hydrogens (tertiary/aromatic N) is 2. The zero-order chi connectivity index (χ0) is 15.4. The van der Waals surface area contributed by atoms with Gasteiger partial charge in [-0.15, -0.1) is 0 Å². The number of hydrogen-bond donors (Lipinski definition) is 0. The second-order valence-electron chi connectivity index (χ2n) is 4.78. The summed E-state index contributed by atoms with van der Waals surface area (Å²) in [5, 5.41) is 0.632. The highest BCUT2D eigenvalue weighted by Crippen LogP contribution is 2.18. The second kappa shape index (κ2) is 6.59. The maximum atomic E-state index is 12.5. The maximum absolute atomic E-state index is 12.5. The number of benzene rings is 1. The molecular weight excluding hydrogens is 288 g/mol. The van der Waals surface area contributed by atoms with Gasteiger partial charge in [0.1, 0.15) is 0 Å². The summed E-state index contributed by atoms with van der Waals surface area (Å²) in [6, 6.07) is 10.4. The number of carbonyl (C=O) groups excluding carboxylic acids is 1. The third-order valence-electron chi connectivity index (χ3n) is 3.34. The van der Waals surface area contributed by atoms with Gasteiger partial charge >= 0.3 is 0 Å². The number of pyridine rings is 1. The first kappa shape index (κ1) is 15.3. The van der Waals surface area contributed by atoms with E-state index in [9.17, 15) is 9.59 Å². The van der Waals surface area contributed by atoms with Crippen LogP contribution in [0.5, 0.6) is 0 Å². The predicted octanol–water partition coefficient (Wildman–Crippen LogP) is 2.70. The SMILES string of the molecule is CCN(Cc1ccccc1Cl)C(=O)c1ccn(C)c(=O)c1. The largest absolute Gasteiger partial charge is 0.335 e. The third-order valence-corrected chi connectivity index (χ3v) is 3.71. The van der Waals surface area contributed by atoms with Crippen LogP contribution in [0.2, 0.25) is 5.02 Å². The van der Waals surface area contributed by atoms with E-state index in [-0.39, 0.29) is 11.5 Å². The van der Waals surface area contributed by atoms with Crippen molar-refractivity contribution in [2.24, 2.45) is 7.05 Å². The van der Waals surface area contributed by atoms with Crippen LogP contribution in [0.25, 0.3) is 0 Å². The highest BCUT2D eigenvalue weighted by atomic mass is 35.5. The summed E-state index contributed by atoms with van der Waals surface area (Å²) in [4.78, 5) is 25.8. The molecule has 0 radical (unpaired) electrons. The topological polar surface area (TPSA) is 42.3 Å². The summed E-state index contributed by atoms with van der Waals surface area (Å²) in [6.07, 6.45) is 1.60. The van der Waals surface area contributed by atoms with E-state index in [1.807, 2.05) is 25.1 Å². The van der Waals surface area contributed by atoms with Crippen LogP contribution in [-0.4, -0.2) is 21.9 Å². The van der Waals surface area contributed by atoms with E-state index in [4.69, 9.17) is 11.6 Å². The van der Waals surface area contributed by atoms with Crippen LogP contribution in [-0.2, 0) is 13.6 Å². The number of rotatable bonds is 4. The van der Waals surface area contributed by atoms with Gasteiger partial charge < -0.3 is 9.47 Å². The molecule has 1 heterocycles. The molecule has 0 aliphatic carbocycles. The monoisotopic (exact) mass is 304 g/mol. The Morgan fingerprint density at radius 1 is 1.29 bits per heavy atom. The van der Waals surface area contributed by atoms with Crippen molar-refractivity contribution in [3.8, 4) is 0 Å². The molecule has 0 aliphatic heterocycles. The average molecular weight is 305 g/mol. The van der Waals surface area contributed by atoms with Gasteiger partial charge in [0.15, 0.2) is 0 Å². The number of hydrogen-bond acceptors (Lipinski definition) is 2. The molecule has 0 atom stereocenters. The van der Waals surface area contributed by atoms with Crippen molar-refractivity contribution in [2.45, 2.75) is 13.5 Å². The van der Waals surface area contributed by atoms with E-state index in [1.165, 1.54) is 10.6 Å². The number of halogens is 1. The lowest BCUT2D eigenvalue weighted by molar-refractivity contribution is 0.0752. The molecule has 2 aromatic rings. The molecule has 0 fully saturated rings. The summed E-state index contributed by atoms with van der Waals surface area (Å²) < 4.78 is 1.43. The van der Waals surface area contributed by atoms with Crippen molar-refractivity contribution < 1.29 is 4.79 Å². The van der Waals surface area contributed by atoms with E-state index in [1.54, 1.807) is 30.3 Å². The molecule has 0 aliphatic rings. The molecule has 1 aromatic carbocycles. The molecule has 4 nitrogen and oxygen atoms in total. The fourth-order valence-corrected chi connectivity index (χ4v) is 2.22. The minimum atomic E-state index is -0.199. The van der Waals surface area contributed by atoms with Gasteiger partial charge in [-0.1, -0.05) is 29.8 Å². The highest BCUT2D eigenvalue weighted by Gasteiger charge is 2.16. The first-order valence-electron chi connectivity index (χ1n) is 6.72. The van der Waals surface area contributed by atoms with Gasteiger partial charge in [0, 0.05) is 43.0 Å². The minimum absolute atomic E-state index is 0.171. The molecule has 1 aromatic heterocycles. The zero-order valence-corrected chi connectivity index (χ0v) is 12.8. The first-order chi connectivity index (χ1) is 10.0. The minimum Gasteiger partial charge on any atom is -0.335 e. The van der Waals surface area contributed by atoms with Crippen molar-refractivity contribution >= 4 is 17.5 Å². The smallest absolute Gasteiger partial charge is 0.254 e. The number of aromatic nitrogens is 1. The van der Waals surface area contributed by atoms with Crippen LogP contribution in [0, 0.1) is 0 Å². The summed E-state index contributed by atoms with van der Waals surface area (Å²) in [5.74, 6) is -0.171. The molecule has 0 saturated carbocycles. The van der Waals surface area contributed by atoms with Gasteiger partial charge in [-0.3, -0.25) is 9.59 Å². The molecule has 2 rings (SSSR count). The summed E-state index contributed by atoms with van der Waals surface area (Å²) in [5.41, 5.74) is 1.08. The lowest BCUT2D eigenvalue weighted by Crippen LogP contribution is -2.31. The zero-order valence-electron chi connectivity index (χ0n) is 12.0. The third kappa shape index (κ3) is 3.52. The lowest BCUT2D eigenvalue weighted by Gasteiger charge is -2.21. The van der Waals surface area contributed by atoms with Crippen molar-refractivity contribution in [2.75, 3.05) is 6.54 Å². The summed E-state index contributed by atoms with van der Waals surface area (Å²) in [6.45, 7) is 2.86. The molecule has 0 unspecified atom stereocenters. The van der Waals surface area contributed by atoms with Gasteiger partial charge in [-0.05, 0) is 24.6 Å². The van der Waals surface area contributed by atoms with E-state index in [2.05, 4.69) is 0 Å². The molecule has 0 saturated heterocycles. The highest BCUT2D eigenvalue weighted by molar-refractivity contribution is 6.31. The second-order valence-corrected chi connectivity index (χ2v) is 5.18. The van der Waals surface area contributed by atoms with Crippen molar-refractivity contribution in [3.63, 3.8) is 0 Å². The maximum Gasteiger partial charge on any atom is 0.254 e. The fourth-order valence-electron chi connectivity index (χ4n) is 2.02. The first-order valence-corrected chi connectivity index (χ1v) is 7.10. The van der Waals surface area contributed by atoms with Crippen LogP contribution >= 0.6 is 11.6 Å². The van der Waals surface area contributed by atoms with Gasteiger partial charge in [0.25, 0.3) is 11.5 Å². The number of amides is 1. The molecule has 0 N–H and O–H groups in total. The normalized spacial score (nSPS) is 10.4. The Kier molecular flexibility index (Phi) is 4.81. The molecule has 0 spiro atoms. The van der Waals surface area contributed by atoms with Gasteiger partial charge in [-0.2, -0.15) is 0 Å². The van der Waals surface area contributed by atoms with E-state index in [0.717, 1.165) is 5.56 Å². The van der Waals surface area contributed by atoms with E-state index < -0.39 is 0 Å². The Balaban J connectivity index is 2.24. The molecule has 0 bridgehead atoms. The Morgan fingerprint density at radius 2 is 2.00 bits per heavy atom. The number of aryl methyl sites for hydroxylation is 1. The van der Waals surface area contributed by atoms with Crippen LogP contribution < -0.4 is 5.56 Å². The van der Waals surface area contributed by atoms with Crippen molar-refractivity contribution in [3.05, 3.63) is 69.1 Å². The molecular formula is C16H17ClN2O2. The average Bonchev–Trinajstić information content (AvgIpc) is 2.48. The van der Waals surface area contributed by atoms with E-state index >= 15 is 0 Å². The Bertz CT molecular complexity index is 709.